The van der Waals surface area contributed by atoms with Gasteiger partial charge in [-0.1, -0.05) is 24.8 Å². The topological polar surface area (TPSA) is 33.2 Å². The van der Waals surface area contributed by atoms with Crippen molar-refractivity contribution in [1.82, 2.24) is 9.88 Å². The number of hydrogen-bond donors (Lipinski definition) is 0. The number of nitrogens with zero attached hydrogens (tertiary/aromatic N) is 2. The molecular weight excluding hydrogens is 359 g/mol. The Morgan fingerprint density at radius 1 is 1.19 bits per heavy atom. The van der Waals surface area contributed by atoms with Gasteiger partial charge in [-0.05, 0) is 60.1 Å². The Morgan fingerprint density at radius 3 is 2.52 bits per heavy atom. The van der Waals surface area contributed by atoms with E-state index in [2.05, 4.69) is 16.5 Å². The Kier molecular flexibility index (Phi) is 5.21. The highest BCUT2D eigenvalue weighted by molar-refractivity contribution is 7.88. The number of rotatable bonds is 6. The van der Waals surface area contributed by atoms with Crippen molar-refractivity contribution in [1.29, 1.82) is 0 Å². The number of hydrogen-bond acceptors (Lipinski definition) is 3. The molecule has 2 atom stereocenters. The first kappa shape index (κ1) is 18.1. The molecule has 1 aliphatic heterocycles. The van der Waals surface area contributed by atoms with E-state index in [1.54, 1.807) is 17.8 Å². The van der Waals surface area contributed by atoms with Crippen molar-refractivity contribution >= 4 is 10.8 Å². The van der Waals surface area contributed by atoms with E-state index in [4.69, 9.17) is 0 Å². The van der Waals surface area contributed by atoms with Crippen molar-refractivity contribution < 1.29 is 8.60 Å². The van der Waals surface area contributed by atoms with Crippen LogP contribution in [0.5, 0.6) is 0 Å². The van der Waals surface area contributed by atoms with Crippen LogP contribution in [0.4, 0.5) is 4.39 Å². The molecule has 0 saturated heterocycles. The van der Waals surface area contributed by atoms with Gasteiger partial charge in [0.25, 0.3) is 0 Å². The summed E-state index contributed by atoms with van der Waals surface area (Å²) in [7, 11) is -0.895. The van der Waals surface area contributed by atoms with E-state index in [0.29, 0.717) is 17.6 Å². The minimum Gasteiger partial charge on any atom is -0.363 e. The summed E-state index contributed by atoms with van der Waals surface area (Å²) in [5, 5.41) is 1.79. The van der Waals surface area contributed by atoms with E-state index in [0.717, 1.165) is 25.1 Å². The minimum atomic E-state index is -0.895. The lowest BCUT2D eigenvalue weighted by atomic mass is 9.70. The molecule has 2 aromatic rings. The van der Waals surface area contributed by atoms with Crippen LogP contribution in [0.3, 0.4) is 0 Å². The van der Waals surface area contributed by atoms with Gasteiger partial charge in [-0.2, -0.15) is 0 Å². The molecule has 0 bridgehead atoms. The zero-order valence-corrected chi connectivity index (χ0v) is 15.9. The lowest BCUT2D eigenvalue weighted by molar-refractivity contribution is 0.202. The van der Waals surface area contributed by atoms with Gasteiger partial charge >= 0.3 is 0 Å². The first-order valence-corrected chi connectivity index (χ1v) is 10.6. The molecule has 2 aliphatic rings. The Hall–Kier alpha value is -2.27. The predicted molar refractivity (Wildman–Crippen MR) is 107 cm³/mol. The number of aromatic nitrogens is 1. The van der Waals surface area contributed by atoms with Gasteiger partial charge in [0.05, 0.1) is 11.8 Å². The number of pyridine rings is 1. The van der Waals surface area contributed by atoms with Crippen LogP contribution < -0.4 is 0 Å². The fourth-order valence-corrected chi connectivity index (χ4v) is 5.00. The van der Waals surface area contributed by atoms with Crippen molar-refractivity contribution in [2.24, 2.45) is 5.92 Å². The zero-order valence-electron chi connectivity index (χ0n) is 15.1. The van der Waals surface area contributed by atoms with E-state index >= 15 is 0 Å². The van der Waals surface area contributed by atoms with Gasteiger partial charge in [0.15, 0.2) is 0 Å². The molecule has 2 unspecified atom stereocenters. The number of halogens is 1. The third-order valence-electron chi connectivity index (χ3n) is 5.61. The summed E-state index contributed by atoms with van der Waals surface area (Å²) in [5.74, 6) is 1.30. The maximum Gasteiger partial charge on any atom is 0.123 e. The summed E-state index contributed by atoms with van der Waals surface area (Å²) >= 11 is 0. The quantitative estimate of drug-likeness (QED) is 0.744. The SMILES string of the molecule is C=C(C1CC(c2ccc(F)cc2)C1)N(Cc1ccncc1)C1C=CS(=O)C1. The molecule has 0 spiro atoms. The first-order valence-electron chi connectivity index (χ1n) is 9.25. The Morgan fingerprint density at radius 2 is 1.89 bits per heavy atom. The summed E-state index contributed by atoms with van der Waals surface area (Å²) < 4.78 is 25.0. The van der Waals surface area contributed by atoms with Crippen molar-refractivity contribution in [3.63, 3.8) is 0 Å². The lowest BCUT2D eigenvalue weighted by Crippen LogP contribution is -2.39. The average molecular weight is 383 g/mol. The van der Waals surface area contributed by atoms with E-state index in [-0.39, 0.29) is 11.9 Å². The molecule has 1 fully saturated rings. The second kappa shape index (κ2) is 7.77. The maximum atomic E-state index is 13.1. The minimum absolute atomic E-state index is 0.122. The highest BCUT2D eigenvalue weighted by Gasteiger charge is 2.36. The maximum absolute atomic E-state index is 13.1. The molecule has 3 nitrogen and oxygen atoms in total. The second-order valence-corrected chi connectivity index (χ2v) is 8.70. The molecule has 5 heteroatoms. The van der Waals surface area contributed by atoms with Gasteiger partial charge in [-0.3, -0.25) is 9.19 Å². The second-order valence-electron chi connectivity index (χ2n) is 7.33. The smallest absolute Gasteiger partial charge is 0.123 e. The van der Waals surface area contributed by atoms with Crippen LogP contribution in [0.25, 0.3) is 0 Å². The lowest BCUT2D eigenvalue weighted by Gasteiger charge is -2.43. The molecule has 2 heterocycles. The van der Waals surface area contributed by atoms with Crippen LogP contribution in [0.1, 0.15) is 29.9 Å². The molecule has 0 amide bonds. The van der Waals surface area contributed by atoms with Gasteiger partial charge < -0.3 is 4.90 Å². The van der Waals surface area contributed by atoms with Crippen LogP contribution in [0, 0.1) is 11.7 Å². The third kappa shape index (κ3) is 4.03. The van der Waals surface area contributed by atoms with Gasteiger partial charge in [0.1, 0.15) is 5.82 Å². The van der Waals surface area contributed by atoms with Crippen LogP contribution in [-0.2, 0) is 17.3 Å². The van der Waals surface area contributed by atoms with Gasteiger partial charge in [-0.15, -0.1) is 0 Å². The fraction of sp³-hybridized carbons (Fsp3) is 0.318. The highest BCUT2D eigenvalue weighted by atomic mass is 32.2. The Bertz CT molecular complexity index is 860. The third-order valence-corrected chi connectivity index (χ3v) is 6.74. The Balaban J connectivity index is 1.45. The predicted octanol–water partition coefficient (Wildman–Crippen LogP) is 4.37. The molecule has 1 aromatic carbocycles. The van der Waals surface area contributed by atoms with Gasteiger partial charge in [0.2, 0.25) is 0 Å². The monoisotopic (exact) mass is 382 g/mol. The Labute approximate surface area is 162 Å². The standard InChI is InChI=1S/C22H23FN2OS/c1-16(19-12-20(13-19)18-2-4-21(23)5-3-18)25(22-8-11-27(26)15-22)14-17-6-9-24-10-7-17/h2-11,19-20,22H,1,12-15H2. The largest absolute Gasteiger partial charge is 0.363 e. The van der Waals surface area contributed by atoms with Crippen molar-refractivity contribution in [2.45, 2.75) is 31.3 Å². The summed E-state index contributed by atoms with van der Waals surface area (Å²) in [4.78, 5) is 6.38. The van der Waals surface area contributed by atoms with E-state index < -0.39 is 10.8 Å². The molecular formula is C22H23FN2OS. The highest BCUT2D eigenvalue weighted by Crippen LogP contribution is 2.46. The normalized spacial score (nSPS) is 26.6. The average Bonchev–Trinajstić information content (AvgIpc) is 3.07. The summed E-state index contributed by atoms with van der Waals surface area (Å²) in [6, 6.07) is 11.0. The molecule has 4 rings (SSSR count). The van der Waals surface area contributed by atoms with Crippen LogP contribution >= 0.6 is 0 Å². The van der Waals surface area contributed by atoms with Crippen molar-refractivity contribution in [2.75, 3.05) is 5.75 Å². The van der Waals surface area contributed by atoms with E-state index in [1.165, 1.54) is 23.3 Å². The van der Waals surface area contributed by atoms with Crippen LogP contribution in [0.15, 0.2) is 72.6 Å². The molecule has 1 aromatic heterocycles. The molecule has 1 saturated carbocycles. The van der Waals surface area contributed by atoms with Crippen LogP contribution in [-0.4, -0.2) is 25.9 Å². The first-order chi connectivity index (χ1) is 13.1. The van der Waals surface area contributed by atoms with E-state index in [9.17, 15) is 8.60 Å². The number of benzene rings is 1. The summed E-state index contributed by atoms with van der Waals surface area (Å²) in [6.45, 7) is 5.14. The van der Waals surface area contributed by atoms with E-state index in [1.807, 2.05) is 30.3 Å². The molecule has 0 N–H and O–H groups in total. The van der Waals surface area contributed by atoms with Gasteiger partial charge in [-0.25, -0.2) is 4.39 Å². The molecule has 0 radical (unpaired) electrons. The summed E-state index contributed by atoms with van der Waals surface area (Å²) in [5.41, 5.74) is 3.48. The zero-order chi connectivity index (χ0) is 18.8. The molecule has 27 heavy (non-hydrogen) atoms. The number of allylic oxidation sites excluding steroid dienone is 1. The molecule has 140 valence electrons. The van der Waals surface area contributed by atoms with Gasteiger partial charge in [0, 0.05) is 40.8 Å². The summed E-state index contributed by atoms with van der Waals surface area (Å²) in [6.07, 6.45) is 7.69. The van der Waals surface area contributed by atoms with Crippen LogP contribution in [0.2, 0.25) is 0 Å². The fourth-order valence-electron chi connectivity index (χ4n) is 3.90. The van der Waals surface area contributed by atoms with Crippen molar-refractivity contribution in [3.05, 3.63) is 89.5 Å². The van der Waals surface area contributed by atoms with Crippen molar-refractivity contribution in [3.8, 4) is 0 Å². The molecule has 1 aliphatic carbocycles.